The zero-order valence-electron chi connectivity index (χ0n) is 20.7. The van der Waals surface area contributed by atoms with Crippen LogP contribution in [0.15, 0.2) is 60.4 Å². The molecule has 0 fully saturated rings. The first-order valence-electron chi connectivity index (χ1n) is 11.5. The van der Waals surface area contributed by atoms with E-state index in [1.807, 2.05) is 36.4 Å². The van der Waals surface area contributed by atoms with Gasteiger partial charge in [-0.3, -0.25) is 4.79 Å². The quantitative estimate of drug-likeness (QED) is 0.314. The van der Waals surface area contributed by atoms with E-state index in [0.717, 1.165) is 10.9 Å². The number of nitrogens with one attached hydrogen (secondary N) is 3. The Bertz CT molecular complexity index is 1550. The molecule has 0 saturated heterocycles. The van der Waals surface area contributed by atoms with Crippen LogP contribution in [0.25, 0.3) is 28.2 Å². The van der Waals surface area contributed by atoms with Crippen molar-refractivity contribution in [2.24, 2.45) is 0 Å². The Morgan fingerprint density at radius 2 is 1.73 bits per heavy atom. The minimum absolute atomic E-state index is 0.144. The molecule has 9 heteroatoms. The predicted octanol–water partition coefficient (Wildman–Crippen LogP) is 5.23. The molecule has 0 aliphatic carbocycles. The Hall–Kier alpha value is -4.92. The molecule has 3 N–H and O–H groups in total. The summed E-state index contributed by atoms with van der Waals surface area (Å²) in [6.07, 6.45) is 1.70. The topological polar surface area (TPSA) is 111 Å². The Balaban J connectivity index is 1.68. The van der Waals surface area contributed by atoms with Crippen LogP contribution in [0.1, 0.15) is 15.9 Å². The largest absolute Gasteiger partial charge is 0.497 e. The smallest absolute Gasteiger partial charge is 0.318 e. The van der Waals surface area contributed by atoms with E-state index in [4.69, 9.17) is 18.9 Å². The van der Waals surface area contributed by atoms with Crippen LogP contribution in [0.2, 0.25) is 0 Å². The summed E-state index contributed by atoms with van der Waals surface area (Å²) in [5, 5.41) is 5.98. The van der Waals surface area contributed by atoms with Gasteiger partial charge in [0.2, 0.25) is 5.78 Å². The van der Waals surface area contributed by atoms with Gasteiger partial charge in [0, 0.05) is 29.2 Å². The lowest BCUT2D eigenvalue weighted by Gasteiger charge is -2.13. The summed E-state index contributed by atoms with van der Waals surface area (Å²) >= 11 is 0. The number of aromatic amines is 1. The maximum Gasteiger partial charge on any atom is 0.318 e. The molecular weight excluding hydrogens is 474 g/mol. The number of Topliss-reactive ketones (excluding diaryl/α,β-unsaturated/α-hetero) is 1. The van der Waals surface area contributed by atoms with Gasteiger partial charge in [-0.05, 0) is 54.6 Å². The predicted molar refractivity (Wildman–Crippen MR) is 141 cm³/mol. The number of hydrogen-bond acceptors (Lipinski definition) is 6. The fraction of sp³-hybridized carbons (Fsp3) is 0.143. The molecular formula is C28H25N3O6. The number of benzene rings is 3. The molecule has 3 aromatic carbocycles. The first-order chi connectivity index (χ1) is 18.0. The second-order valence-electron chi connectivity index (χ2n) is 8.22. The standard InChI is InChI=1S/C28H25N3O6/c1-29-28(33)30-15-8-11-21-19(12-15)27(32)24(37-21)14-18-17-13-16(34-2)9-10-20(17)31-26(18)25-22(35-3)6-5-7-23(25)36-4/h5-14,31H,1-4H3,(H2,29,30,33)/b24-14-. The number of carbonyl (C=O) groups is 2. The number of carbonyl (C=O) groups excluding carboxylic acids is 2. The fourth-order valence-corrected chi connectivity index (χ4v) is 4.35. The van der Waals surface area contributed by atoms with Crippen molar-refractivity contribution < 1.29 is 28.5 Å². The highest BCUT2D eigenvalue weighted by molar-refractivity contribution is 6.16. The molecule has 4 aromatic rings. The van der Waals surface area contributed by atoms with Crippen molar-refractivity contribution in [2.75, 3.05) is 33.7 Å². The van der Waals surface area contributed by atoms with Gasteiger partial charge in [-0.1, -0.05) is 6.07 Å². The molecule has 37 heavy (non-hydrogen) atoms. The highest BCUT2D eigenvalue weighted by Crippen LogP contribution is 2.44. The molecule has 188 valence electrons. The first kappa shape index (κ1) is 23.8. The van der Waals surface area contributed by atoms with Crippen LogP contribution < -0.4 is 29.6 Å². The van der Waals surface area contributed by atoms with Crippen LogP contribution in [-0.2, 0) is 0 Å². The molecule has 0 saturated carbocycles. The van der Waals surface area contributed by atoms with Crippen molar-refractivity contribution in [3.63, 3.8) is 0 Å². The Morgan fingerprint density at radius 1 is 0.973 bits per heavy atom. The molecule has 9 nitrogen and oxygen atoms in total. The minimum atomic E-state index is -0.384. The summed E-state index contributed by atoms with van der Waals surface area (Å²) in [5.74, 6) is 2.12. The third-order valence-corrected chi connectivity index (χ3v) is 6.15. The van der Waals surface area contributed by atoms with E-state index in [2.05, 4.69) is 15.6 Å². The van der Waals surface area contributed by atoms with Gasteiger partial charge in [0.15, 0.2) is 5.76 Å². The van der Waals surface area contributed by atoms with Gasteiger partial charge in [-0.15, -0.1) is 0 Å². The Labute approximate surface area is 213 Å². The third-order valence-electron chi connectivity index (χ3n) is 6.15. The van der Waals surface area contributed by atoms with Crippen LogP contribution >= 0.6 is 0 Å². The molecule has 0 radical (unpaired) electrons. The summed E-state index contributed by atoms with van der Waals surface area (Å²) in [6, 6.07) is 15.7. The van der Waals surface area contributed by atoms with E-state index in [1.54, 1.807) is 45.6 Å². The van der Waals surface area contributed by atoms with E-state index >= 15 is 0 Å². The molecule has 0 bridgehead atoms. The highest BCUT2D eigenvalue weighted by Gasteiger charge is 2.29. The molecule has 2 heterocycles. The van der Waals surface area contributed by atoms with Crippen LogP contribution in [0.5, 0.6) is 23.0 Å². The van der Waals surface area contributed by atoms with Gasteiger partial charge in [0.25, 0.3) is 0 Å². The van der Waals surface area contributed by atoms with Crippen molar-refractivity contribution in [3.8, 4) is 34.3 Å². The summed E-state index contributed by atoms with van der Waals surface area (Å²) in [7, 11) is 6.29. The van der Waals surface area contributed by atoms with Crippen molar-refractivity contribution in [3.05, 3.63) is 71.5 Å². The van der Waals surface area contributed by atoms with Crippen LogP contribution in [-0.4, -0.2) is 45.2 Å². The van der Waals surface area contributed by atoms with E-state index < -0.39 is 0 Å². The third kappa shape index (κ3) is 4.20. The normalized spacial score (nSPS) is 13.3. The number of anilines is 1. The number of ketones is 1. The van der Waals surface area contributed by atoms with E-state index in [9.17, 15) is 9.59 Å². The van der Waals surface area contributed by atoms with E-state index in [-0.39, 0.29) is 17.6 Å². The Morgan fingerprint density at radius 3 is 2.41 bits per heavy atom. The lowest BCUT2D eigenvalue weighted by atomic mass is 10.0. The molecule has 0 spiro atoms. The van der Waals surface area contributed by atoms with Gasteiger partial charge in [0.05, 0.1) is 38.2 Å². The number of urea groups is 1. The molecule has 0 unspecified atom stereocenters. The number of methoxy groups -OCH3 is 3. The number of aromatic nitrogens is 1. The van der Waals surface area contributed by atoms with Gasteiger partial charge >= 0.3 is 6.03 Å². The second kappa shape index (κ2) is 9.62. The Kier molecular flexibility index (Phi) is 6.19. The first-order valence-corrected chi connectivity index (χ1v) is 11.5. The average Bonchev–Trinajstić information content (AvgIpc) is 3.44. The summed E-state index contributed by atoms with van der Waals surface area (Å²) < 4.78 is 22.7. The van der Waals surface area contributed by atoms with E-state index in [1.165, 1.54) is 7.05 Å². The van der Waals surface area contributed by atoms with Crippen molar-refractivity contribution in [1.29, 1.82) is 0 Å². The zero-order chi connectivity index (χ0) is 26.1. The number of amides is 2. The monoisotopic (exact) mass is 499 g/mol. The highest BCUT2D eigenvalue weighted by atomic mass is 16.5. The molecule has 0 atom stereocenters. The summed E-state index contributed by atoms with van der Waals surface area (Å²) in [6.45, 7) is 0. The molecule has 1 aromatic heterocycles. The lowest BCUT2D eigenvalue weighted by Crippen LogP contribution is -2.24. The summed E-state index contributed by atoms with van der Waals surface area (Å²) in [5.41, 5.74) is 3.77. The maximum absolute atomic E-state index is 13.4. The van der Waals surface area contributed by atoms with Gasteiger partial charge < -0.3 is 34.6 Å². The molecule has 1 aliphatic rings. The van der Waals surface area contributed by atoms with Gasteiger partial charge in [0.1, 0.15) is 23.0 Å². The van der Waals surface area contributed by atoms with Crippen LogP contribution in [0.3, 0.4) is 0 Å². The van der Waals surface area contributed by atoms with Crippen molar-refractivity contribution >= 4 is 34.5 Å². The number of hydrogen-bond donors (Lipinski definition) is 3. The van der Waals surface area contributed by atoms with Crippen LogP contribution in [0, 0.1) is 0 Å². The van der Waals surface area contributed by atoms with Gasteiger partial charge in [-0.2, -0.15) is 0 Å². The molecule has 5 rings (SSSR count). The SMILES string of the molecule is CNC(=O)Nc1ccc2c(c1)C(=O)/C(=C/c1c(-c3c(OC)cccc3OC)[nH]c3ccc(OC)cc13)O2. The number of ether oxygens (including phenoxy) is 4. The van der Waals surface area contributed by atoms with Crippen molar-refractivity contribution in [2.45, 2.75) is 0 Å². The second-order valence-corrected chi connectivity index (χ2v) is 8.22. The average molecular weight is 500 g/mol. The fourth-order valence-electron chi connectivity index (χ4n) is 4.35. The zero-order valence-corrected chi connectivity index (χ0v) is 20.7. The summed E-state index contributed by atoms with van der Waals surface area (Å²) in [4.78, 5) is 28.5. The molecule has 2 amide bonds. The maximum atomic E-state index is 13.4. The lowest BCUT2D eigenvalue weighted by molar-refractivity contribution is 0.101. The number of H-pyrrole nitrogens is 1. The molecule has 1 aliphatic heterocycles. The number of allylic oxidation sites excluding steroid dienone is 1. The van der Waals surface area contributed by atoms with Gasteiger partial charge in [-0.25, -0.2) is 4.79 Å². The number of rotatable bonds is 6. The van der Waals surface area contributed by atoms with Crippen molar-refractivity contribution in [1.82, 2.24) is 10.3 Å². The van der Waals surface area contributed by atoms with Crippen LogP contribution in [0.4, 0.5) is 10.5 Å². The number of fused-ring (bicyclic) bond motifs is 2. The minimum Gasteiger partial charge on any atom is -0.497 e. The van der Waals surface area contributed by atoms with E-state index in [0.29, 0.717) is 51.1 Å².